The molecule has 0 fully saturated rings. The Morgan fingerprint density at radius 3 is 2.18 bits per heavy atom. The number of allylic oxidation sites excluding steroid dienone is 6. The van der Waals surface area contributed by atoms with E-state index in [0.29, 0.717) is 0 Å². The first-order valence-corrected chi connectivity index (χ1v) is 12.5. The van der Waals surface area contributed by atoms with Gasteiger partial charge in [-0.1, -0.05) is 82.3 Å². The second-order valence-corrected chi connectivity index (χ2v) is 10.3. The third kappa shape index (κ3) is 4.56. The summed E-state index contributed by atoms with van der Waals surface area (Å²) in [6.07, 6.45) is 13.5. The molecule has 0 aromatic heterocycles. The highest BCUT2D eigenvalue weighted by Gasteiger charge is 2.43. The molecule has 0 radical (unpaired) electrons. The first-order valence-electron chi connectivity index (χ1n) is 12.5. The molecule has 0 bridgehead atoms. The topological polar surface area (TPSA) is 6.25 Å². The summed E-state index contributed by atoms with van der Waals surface area (Å²) in [4.78, 5) is 2.50. The Morgan fingerprint density at radius 2 is 1.47 bits per heavy atom. The SMILES string of the molecule is CCCN1/C(=C/C=C/C=C/C2=[N+](CCC)c3ccccc3C2(C)C)C(C)(C)c2ccccc21.I. The average molecular weight is 568 g/mol. The number of rotatable bonds is 7. The predicted molar refractivity (Wildman–Crippen MR) is 158 cm³/mol. The number of benzene rings is 2. The third-order valence-electron chi connectivity index (χ3n) is 7.22. The largest absolute Gasteiger partial charge is 0.344 e. The summed E-state index contributed by atoms with van der Waals surface area (Å²) in [5.41, 5.74) is 8.35. The standard InChI is InChI=1S/C31H39N2.HI/c1-7-22-32-26-18-14-12-16-24(26)30(3,4)28(32)20-10-9-11-21-29-31(5,6)25-17-13-15-19-27(25)33(29)23-8-2;/h9-21H,7-8,22-23H2,1-6H3;1H/q+1;. The van der Waals surface area contributed by atoms with Gasteiger partial charge in [0.05, 0.1) is 5.41 Å². The highest BCUT2D eigenvalue weighted by molar-refractivity contribution is 14.0. The van der Waals surface area contributed by atoms with Gasteiger partial charge >= 0.3 is 0 Å². The highest BCUT2D eigenvalue weighted by Crippen LogP contribution is 2.47. The van der Waals surface area contributed by atoms with Crippen LogP contribution in [-0.4, -0.2) is 23.4 Å². The average Bonchev–Trinajstić information content (AvgIpc) is 3.14. The molecule has 0 amide bonds. The van der Waals surface area contributed by atoms with Crippen LogP contribution in [0.25, 0.3) is 0 Å². The van der Waals surface area contributed by atoms with Crippen molar-refractivity contribution in [1.82, 2.24) is 0 Å². The van der Waals surface area contributed by atoms with Gasteiger partial charge in [-0.15, -0.1) is 24.0 Å². The van der Waals surface area contributed by atoms with Gasteiger partial charge in [-0.2, -0.15) is 4.58 Å². The van der Waals surface area contributed by atoms with Gasteiger partial charge in [0.25, 0.3) is 0 Å². The molecule has 180 valence electrons. The highest BCUT2D eigenvalue weighted by atomic mass is 127. The van der Waals surface area contributed by atoms with Crippen molar-refractivity contribution in [1.29, 1.82) is 0 Å². The lowest BCUT2D eigenvalue weighted by atomic mass is 9.81. The number of hydrogen-bond donors (Lipinski definition) is 0. The van der Waals surface area contributed by atoms with Gasteiger partial charge in [-0.25, -0.2) is 0 Å². The molecule has 2 heterocycles. The Hall–Kier alpha value is -2.14. The van der Waals surface area contributed by atoms with Crippen LogP contribution in [-0.2, 0) is 10.8 Å². The van der Waals surface area contributed by atoms with E-state index in [-0.39, 0.29) is 34.8 Å². The normalized spacial score (nSPS) is 19.2. The number of halogens is 1. The van der Waals surface area contributed by atoms with E-state index in [1.54, 1.807) is 0 Å². The van der Waals surface area contributed by atoms with E-state index in [1.165, 1.54) is 33.9 Å². The first-order chi connectivity index (χ1) is 15.8. The maximum Gasteiger partial charge on any atom is 0.209 e. The molecule has 34 heavy (non-hydrogen) atoms. The van der Waals surface area contributed by atoms with E-state index in [4.69, 9.17) is 0 Å². The van der Waals surface area contributed by atoms with E-state index >= 15 is 0 Å². The van der Waals surface area contributed by atoms with E-state index in [9.17, 15) is 0 Å². The summed E-state index contributed by atoms with van der Waals surface area (Å²) in [6.45, 7) is 16.0. The van der Waals surface area contributed by atoms with Crippen LogP contribution in [0.5, 0.6) is 0 Å². The van der Waals surface area contributed by atoms with Crippen LogP contribution < -0.4 is 4.90 Å². The van der Waals surface area contributed by atoms with Gasteiger partial charge < -0.3 is 4.90 Å². The number of nitrogens with zero attached hydrogens (tertiary/aromatic N) is 2. The van der Waals surface area contributed by atoms with Gasteiger partial charge in [-0.3, -0.25) is 0 Å². The second kappa shape index (κ2) is 10.6. The monoisotopic (exact) mass is 567 g/mol. The van der Waals surface area contributed by atoms with E-state index < -0.39 is 0 Å². The van der Waals surface area contributed by atoms with Crippen molar-refractivity contribution < 1.29 is 4.58 Å². The van der Waals surface area contributed by atoms with Gasteiger partial charge in [0.15, 0.2) is 5.71 Å². The van der Waals surface area contributed by atoms with Crippen LogP contribution in [0.2, 0.25) is 0 Å². The molecule has 2 aliphatic rings. The van der Waals surface area contributed by atoms with E-state index in [1.807, 2.05) is 0 Å². The lowest BCUT2D eigenvalue weighted by Crippen LogP contribution is -2.27. The van der Waals surface area contributed by atoms with Crippen LogP contribution >= 0.6 is 24.0 Å². The molecule has 0 aliphatic carbocycles. The van der Waals surface area contributed by atoms with Crippen LogP contribution in [0.1, 0.15) is 65.5 Å². The molecular weight excluding hydrogens is 527 g/mol. The number of hydrogen-bond acceptors (Lipinski definition) is 1. The zero-order valence-electron chi connectivity index (χ0n) is 21.6. The Bertz CT molecular complexity index is 1150. The molecule has 0 saturated heterocycles. The minimum atomic E-state index is 0. The van der Waals surface area contributed by atoms with Crippen LogP contribution in [0.15, 0.2) is 84.6 Å². The van der Waals surface area contributed by atoms with E-state index in [0.717, 1.165) is 25.9 Å². The zero-order chi connectivity index (χ0) is 23.6. The van der Waals surface area contributed by atoms with Gasteiger partial charge in [0.2, 0.25) is 5.69 Å². The smallest absolute Gasteiger partial charge is 0.209 e. The summed E-state index contributed by atoms with van der Waals surface area (Å²) in [6, 6.07) is 17.7. The molecular formula is C31H40IN2+. The quantitative estimate of drug-likeness (QED) is 0.185. The molecule has 0 unspecified atom stereocenters. The van der Waals surface area contributed by atoms with Crippen molar-refractivity contribution in [3.8, 4) is 0 Å². The second-order valence-electron chi connectivity index (χ2n) is 10.3. The fourth-order valence-electron chi connectivity index (χ4n) is 5.57. The van der Waals surface area contributed by atoms with Gasteiger partial charge in [0, 0.05) is 47.5 Å². The fraction of sp³-hybridized carbons (Fsp3) is 0.387. The number of fused-ring (bicyclic) bond motifs is 2. The Labute approximate surface area is 223 Å². The van der Waals surface area contributed by atoms with Crippen LogP contribution in [0.3, 0.4) is 0 Å². The molecule has 0 saturated carbocycles. The van der Waals surface area contributed by atoms with Gasteiger partial charge in [-0.05, 0) is 38.0 Å². The zero-order valence-corrected chi connectivity index (χ0v) is 24.0. The fourth-order valence-corrected chi connectivity index (χ4v) is 5.57. The summed E-state index contributed by atoms with van der Waals surface area (Å²) >= 11 is 0. The number of anilines is 1. The van der Waals surface area contributed by atoms with Crippen molar-refractivity contribution in [2.45, 2.75) is 65.2 Å². The summed E-state index contributed by atoms with van der Waals surface area (Å²) in [7, 11) is 0. The van der Waals surface area contributed by atoms with Crippen molar-refractivity contribution in [2.24, 2.45) is 0 Å². The molecule has 2 nitrogen and oxygen atoms in total. The molecule has 2 aliphatic heterocycles. The Morgan fingerprint density at radius 1 is 0.794 bits per heavy atom. The van der Waals surface area contributed by atoms with E-state index in [2.05, 4.69) is 130 Å². The summed E-state index contributed by atoms with van der Waals surface area (Å²) in [5.74, 6) is 0. The van der Waals surface area contributed by atoms with Crippen molar-refractivity contribution in [3.05, 3.63) is 95.7 Å². The lowest BCUT2D eigenvalue weighted by molar-refractivity contribution is -0.437. The summed E-state index contributed by atoms with van der Waals surface area (Å²) < 4.78 is 2.50. The Kier molecular flexibility index (Phi) is 8.28. The molecule has 0 atom stereocenters. The lowest BCUT2D eigenvalue weighted by Gasteiger charge is -2.26. The molecule has 0 spiro atoms. The summed E-state index contributed by atoms with van der Waals surface area (Å²) in [5, 5.41) is 0. The van der Waals surface area contributed by atoms with Crippen LogP contribution in [0.4, 0.5) is 11.4 Å². The van der Waals surface area contributed by atoms with Gasteiger partial charge in [0.1, 0.15) is 6.54 Å². The molecule has 4 rings (SSSR count). The Balaban J connectivity index is 0.00000324. The third-order valence-corrected chi connectivity index (χ3v) is 7.22. The minimum Gasteiger partial charge on any atom is -0.344 e. The maximum absolute atomic E-state index is 2.50. The molecule has 2 aromatic rings. The van der Waals surface area contributed by atoms with Crippen molar-refractivity contribution >= 4 is 41.1 Å². The molecule has 0 N–H and O–H groups in total. The minimum absolute atomic E-state index is 0. The van der Waals surface area contributed by atoms with Crippen LogP contribution in [0, 0.1) is 0 Å². The molecule has 2 aromatic carbocycles. The van der Waals surface area contributed by atoms with Crippen molar-refractivity contribution in [3.63, 3.8) is 0 Å². The molecule has 3 heteroatoms. The predicted octanol–water partition coefficient (Wildman–Crippen LogP) is 8.29. The first kappa shape index (κ1) is 26.5. The maximum atomic E-state index is 2.50. The number of para-hydroxylation sites is 2. The van der Waals surface area contributed by atoms with Crippen molar-refractivity contribution in [2.75, 3.05) is 18.0 Å².